The normalized spacial score (nSPS) is 25.8. The number of halogens is 2. The van der Waals surface area contributed by atoms with E-state index >= 15 is 0 Å². The maximum Gasteiger partial charge on any atom is 0.347 e. The van der Waals surface area contributed by atoms with Gasteiger partial charge in [-0.25, -0.2) is 9.78 Å². The number of pyridine rings is 1. The van der Waals surface area contributed by atoms with Gasteiger partial charge in [-0.3, -0.25) is 14.9 Å². The van der Waals surface area contributed by atoms with Gasteiger partial charge in [-0.2, -0.15) is 0 Å². The molecule has 1 saturated heterocycles. The number of carbonyl (C=O) groups is 3. The van der Waals surface area contributed by atoms with Gasteiger partial charge in [-0.15, -0.1) is 0 Å². The van der Waals surface area contributed by atoms with Gasteiger partial charge in [0.1, 0.15) is 5.41 Å². The number of aliphatic carboxylic acids is 1. The molecule has 0 bridgehead atoms. The number of aromatic nitrogens is 1. The van der Waals surface area contributed by atoms with Crippen molar-refractivity contribution in [2.45, 2.75) is 74.5 Å². The van der Waals surface area contributed by atoms with Crippen molar-refractivity contribution in [2.24, 2.45) is 0 Å². The molecule has 3 atom stereocenters. The van der Waals surface area contributed by atoms with E-state index in [1.165, 1.54) is 20.0 Å². The summed E-state index contributed by atoms with van der Waals surface area (Å²) in [5.74, 6) is -2.58. The standard InChI is InChI=1S/C27H30Cl2N4O5/c1-25(2,24(36)37)38-22-16(11-15(29)13-31-22)19-20(21(34)30-3)33-26(9-5-4-6-10-26)27(19)17-8-7-14(28)12-18(17)32-23(27)35/h7-8,11-13,19-20,33H,4-6,9-10H2,1-3H3,(H,30,34)(H,32,35)(H,36,37)/t19-,20+,27?/m0/s1. The number of anilines is 1. The Bertz CT molecular complexity index is 1330. The third kappa shape index (κ3) is 3.86. The van der Waals surface area contributed by atoms with Crippen LogP contribution in [0.1, 0.15) is 63.0 Å². The van der Waals surface area contributed by atoms with Crippen LogP contribution in [0.5, 0.6) is 5.88 Å². The van der Waals surface area contributed by atoms with Gasteiger partial charge >= 0.3 is 5.97 Å². The molecule has 0 radical (unpaired) electrons. The molecule has 4 N–H and O–H groups in total. The van der Waals surface area contributed by atoms with E-state index in [0.29, 0.717) is 29.1 Å². The molecule has 202 valence electrons. The Labute approximate surface area is 230 Å². The molecule has 11 heteroatoms. The molecule has 5 rings (SSSR count). The summed E-state index contributed by atoms with van der Waals surface area (Å²) in [6, 6.07) is 6.05. The molecule has 3 heterocycles. The number of nitrogens with zero attached hydrogens (tertiary/aromatic N) is 1. The molecule has 2 aromatic rings. The van der Waals surface area contributed by atoms with Crippen molar-refractivity contribution in [3.8, 4) is 5.88 Å². The first kappa shape index (κ1) is 26.7. The zero-order valence-electron chi connectivity index (χ0n) is 21.4. The van der Waals surface area contributed by atoms with Crippen molar-refractivity contribution >= 4 is 46.7 Å². The molecule has 38 heavy (non-hydrogen) atoms. The topological polar surface area (TPSA) is 130 Å². The highest BCUT2D eigenvalue weighted by Crippen LogP contribution is 2.63. The minimum absolute atomic E-state index is 0.00458. The van der Waals surface area contributed by atoms with E-state index in [2.05, 4.69) is 20.9 Å². The molecule has 1 aromatic heterocycles. The van der Waals surface area contributed by atoms with Crippen LogP contribution in [0, 0.1) is 0 Å². The zero-order valence-corrected chi connectivity index (χ0v) is 22.9. The highest BCUT2D eigenvalue weighted by molar-refractivity contribution is 6.31. The molecule has 2 amide bonds. The van der Waals surface area contributed by atoms with Crippen LogP contribution in [0.2, 0.25) is 10.0 Å². The first-order valence-corrected chi connectivity index (χ1v) is 13.4. The maximum atomic E-state index is 14.4. The van der Waals surface area contributed by atoms with Crippen molar-refractivity contribution in [3.05, 3.63) is 51.6 Å². The minimum atomic E-state index is -1.64. The molecular weight excluding hydrogens is 531 g/mol. The average molecular weight is 561 g/mol. The Kier molecular flexibility index (Phi) is 6.60. The molecule has 1 aromatic carbocycles. The summed E-state index contributed by atoms with van der Waals surface area (Å²) in [6.07, 6.45) is 5.46. The van der Waals surface area contributed by atoms with E-state index in [1.54, 1.807) is 25.2 Å². The minimum Gasteiger partial charge on any atom is -0.478 e. The van der Waals surface area contributed by atoms with Crippen LogP contribution in [0.3, 0.4) is 0 Å². The molecule has 2 spiro atoms. The van der Waals surface area contributed by atoms with Crippen molar-refractivity contribution < 1.29 is 24.2 Å². The van der Waals surface area contributed by atoms with E-state index in [0.717, 1.165) is 24.8 Å². The number of amides is 2. The summed E-state index contributed by atoms with van der Waals surface area (Å²) < 4.78 is 5.96. The van der Waals surface area contributed by atoms with Crippen LogP contribution in [0.25, 0.3) is 0 Å². The number of benzene rings is 1. The number of rotatable bonds is 5. The van der Waals surface area contributed by atoms with Gasteiger partial charge in [0.05, 0.1) is 11.1 Å². The fourth-order valence-electron chi connectivity index (χ4n) is 6.65. The molecule has 2 fully saturated rings. The second-order valence-electron chi connectivity index (χ2n) is 10.8. The summed E-state index contributed by atoms with van der Waals surface area (Å²) in [5, 5.41) is 19.9. The Morgan fingerprint density at radius 3 is 2.53 bits per heavy atom. The number of nitrogens with one attached hydrogen (secondary N) is 3. The Morgan fingerprint density at radius 1 is 1.16 bits per heavy atom. The largest absolute Gasteiger partial charge is 0.478 e. The molecule has 1 unspecified atom stereocenters. The summed E-state index contributed by atoms with van der Waals surface area (Å²) in [6.45, 7) is 2.83. The van der Waals surface area contributed by atoms with Crippen molar-refractivity contribution in [2.75, 3.05) is 12.4 Å². The number of fused-ring (bicyclic) bond motifs is 3. The van der Waals surface area contributed by atoms with Crippen molar-refractivity contribution in [1.29, 1.82) is 0 Å². The highest BCUT2D eigenvalue weighted by atomic mass is 35.5. The predicted octanol–water partition coefficient (Wildman–Crippen LogP) is 4.02. The van der Waals surface area contributed by atoms with Crippen LogP contribution in [-0.4, -0.2) is 52.1 Å². The summed E-state index contributed by atoms with van der Waals surface area (Å²) in [5.41, 5.74) is -1.96. The Balaban J connectivity index is 1.83. The smallest absolute Gasteiger partial charge is 0.347 e. The lowest BCUT2D eigenvalue weighted by Crippen LogP contribution is -2.60. The number of hydrogen-bond donors (Lipinski definition) is 4. The van der Waals surface area contributed by atoms with Crippen molar-refractivity contribution in [1.82, 2.24) is 15.6 Å². The summed E-state index contributed by atoms with van der Waals surface area (Å²) in [7, 11) is 1.54. The molecule has 1 aliphatic carbocycles. The van der Waals surface area contributed by atoms with E-state index in [1.807, 2.05) is 6.07 Å². The SMILES string of the molecule is CNC(=O)[C@@H]1NC2(CCCCC2)C2(C(=O)Nc3cc(Cl)ccc32)[C@H]1c1cc(Cl)cnc1OC(C)(C)C(=O)O. The number of carboxylic acids is 1. The molecule has 2 aliphatic heterocycles. The number of ether oxygens (including phenoxy) is 1. The lowest BCUT2D eigenvalue weighted by atomic mass is 9.55. The van der Waals surface area contributed by atoms with Gasteiger partial charge in [0.2, 0.25) is 23.3 Å². The van der Waals surface area contributed by atoms with Crippen LogP contribution in [0.15, 0.2) is 30.5 Å². The number of carbonyl (C=O) groups excluding carboxylic acids is 2. The fraction of sp³-hybridized carbons (Fsp3) is 0.481. The van der Waals surface area contributed by atoms with Crippen LogP contribution >= 0.6 is 23.2 Å². The van der Waals surface area contributed by atoms with E-state index < -0.39 is 34.5 Å². The van der Waals surface area contributed by atoms with Crippen molar-refractivity contribution in [3.63, 3.8) is 0 Å². The molecule has 1 saturated carbocycles. The van der Waals surface area contributed by atoms with Crippen LogP contribution in [0.4, 0.5) is 5.69 Å². The van der Waals surface area contributed by atoms with Gasteiger partial charge in [-0.05, 0) is 50.5 Å². The first-order chi connectivity index (χ1) is 18.0. The summed E-state index contributed by atoms with van der Waals surface area (Å²) in [4.78, 5) is 44.2. The van der Waals surface area contributed by atoms with E-state index in [9.17, 15) is 19.5 Å². The second kappa shape index (κ2) is 9.39. The first-order valence-electron chi connectivity index (χ1n) is 12.7. The number of likely N-dealkylation sites (N-methyl/N-ethyl adjacent to an activating group) is 1. The lowest BCUT2D eigenvalue weighted by molar-refractivity contribution is -0.152. The molecule has 3 aliphatic rings. The summed E-state index contributed by atoms with van der Waals surface area (Å²) >= 11 is 12.8. The predicted molar refractivity (Wildman–Crippen MR) is 143 cm³/mol. The maximum absolute atomic E-state index is 14.4. The highest BCUT2D eigenvalue weighted by Gasteiger charge is 2.72. The number of hydrogen-bond acceptors (Lipinski definition) is 6. The fourth-order valence-corrected chi connectivity index (χ4v) is 6.99. The van der Waals surface area contributed by atoms with Crippen LogP contribution < -0.4 is 20.7 Å². The van der Waals surface area contributed by atoms with E-state index in [4.69, 9.17) is 27.9 Å². The van der Waals surface area contributed by atoms with Gasteiger partial charge < -0.3 is 20.5 Å². The Hall–Kier alpha value is -2.88. The molecule has 9 nitrogen and oxygen atoms in total. The molecular formula is C27H30Cl2N4O5. The van der Waals surface area contributed by atoms with Crippen LogP contribution in [-0.2, 0) is 19.8 Å². The zero-order chi connectivity index (χ0) is 27.5. The third-order valence-corrected chi connectivity index (χ3v) is 8.72. The lowest BCUT2D eigenvalue weighted by Gasteiger charge is -2.47. The monoisotopic (exact) mass is 560 g/mol. The quantitative estimate of drug-likeness (QED) is 0.434. The van der Waals surface area contributed by atoms with Gasteiger partial charge in [0.25, 0.3) is 0 Å². The second-order valence-corrected chi connectivity index (χ2v) is 11.6. The Morgan fingerprint density at radius 2 is 1.87 bits per heavy atom. The van der Waals surface area contributed by atoms with Gasteiger partial charge in [0.15, 0.2) is 0 Å². The third-order valence-electron chi connectivity index (χ3n) is 8.28. The van der Waals surface area contributed by atoms with Gasteiger partial charge in [-0.1, -0.05) is 48.5 Å². The van der Waals surface area contributed by atoms with Gasteiger partial charge in [0, 0.05) is 41.0 Å². The number of carboxylic acid groups (broad SMARTS) is 1. The average Bonchev–Trinajstić information content (AvgIpc) is 3.32. The van der Waals surface area contributed by atoms with E-state index in [-0.39, 0.29) is 22.7 Å².